The molecule has 0 bridgehead atoms. The van der Waals surface area contributed by atoms with Crippen LogP contribution in [0.15, 0.2) is 24.4 Å². The highest BCUT2D eigenvalue weighted by atomic mass is 35.5. The molecule has 0 radical (unpaired) electrons. The van der Waals surface area contributed by atoms with Crippen LogP contribution >= 0.6 is 23.2 Å². The maximum Gasteiger partial charge on any atom is 0.141 e. The van der Waals surface area contributed by atoms with Crippen molar-refractivity contribution in [3.05, 3.63) is 34.4 Å². The number of fused-ring (bicyclic) bond motifs is 1. The fraction of sp³-hybridized carbons (Fsp3) is 0.417. The number of benzene rings is 1. The summed E-state index contributed by atoms with van der Waals surface area (Å²) in [5, 5.41) is 9.53. The van der Waals surface area contributed by atoms with E-state index in [1.54, 1.807) is 20.3 Å². The van der Waals surface area contributed by atoms with Gasteiger partial charge < -0.3 is 29.6 Å². The van der Waals surface area contributed by atoms with Gasteiger partial charge in [0, 0.05) is 47.7 Å². The van der Waals surface area contributed by atoms with E-state index in [-0.39, 0.29) is 6.04 Å². The summed E-state index contributed by atoms with van der Waals surface area (Å²) in [6.45, 7) is 3.67. The molecule has 2 aliphatic heterocycles. The predicted octanol–water partition coefficient (Wildman–Crippen LogP) is 4.88. The monoisotopic (exact) mass is 504 g/mol. The van der Waals surface area contributed by atoms with Crippen LogP contribution in [0.2, 0.25) is 10.0 Å². The first-order chi connectivity index (χ1) is 16.6. The normalized spacial score (nSPS) is 18.1. The van der Waals surface area contributed by atoms with E-state index in [0.717, 1.165) is 55.2 Å². The van der Waals surface area contributed by atoms with Crippen LogP contribution in [0.25, 0.3) is 22.0 Å². The van der Waals surface area contributed by atoms with E-state index in [2.05, 4.69) is 15.6 Å². The van der Waals surface area contributed by atoms with Crippen LogP contribution in [0.1, 0.15) is 6.42 Å². The van der Waals surface area contributed by atoms with E-state index in [4.69, 9.17) is 47.1 Å². The SMILES string of the molecule is COc1cc(OC)c(Cl)c(-c2cc3cnc(NC4CCOC4)cc3c(NCC3COC3)n2)c1Cl. The summed E-state index contributed by atoms with van der Waals surface area (Å²) < 4.78 is 21.7. The standard InChI is InChI=1S/C24H26Cl2N4O4/c1-31-18-7-19(32-2)23(26)21(22(18)25)17-5-14-9-27-20(29-15-3-4-33-12-15)6-16(14)24(30-17)28-8-13-10-34-11-13/h5-7,9,13,15H,3-4,8,10-12H2,1-2H3,(H,27,29)(H,28,30). The van der Waals surface area contributed by atoms with Gasteiger partial charge in [-0.15, -0.1) is 0 Å². The molecule has 1 aromatic carbocycles. The van der Waals surface area contributed by atoms with Crippen LogP contribution in [0.5, 0.6) is 11.5 Å². The molecule has 2 fully saturated rings. The summed E-state index contributed by atoms with van der Waals surface area (Å²) in [5.74, 6) is 2.86. The quantitative estimate of drug-likeness (QED) is 0.448. The molecule has 0 amide bonds. The smallest absolute Gasteiger partial charge is 0.141 e. The highest BCUT2D eigenvalue weighted by Crippen LogP contribution is 2.46. The minimum atomic E-state index is 0.252. The van der Waals surface area contributed by atoms with Crippen molar-refractivity contribution in [1.82, 2.24) is 9.97 Å². The maximum absolute atomic E-state index is 6.68. The lowest BCUT2D eigenvalue weighted by atomic mass is 10.1. The molecule has 1 unspecified atom stereocenters. The fourth-order valence-electron chi connectivity index (χ4n) is 4.10. The molecule has 10 heteroatoms. The van der Waals surface area contributed by atoms with Crippen LogP contribution < -0.4 is 20.1 Å². The Hall–Kier alpha value is -2.52. The molecule has 2 aliphatic rings. The van der Waals surface area contributed by atoms with Gasteiger partial charge in [0.1, 0.15) is 23.1 Å². The Kier molecular flexibility index (Phi) is 6.83. The van der Waals surface area contributed by atoms with E-state index < -0.39 is 0 Å². The Labute approximate surface area is 207 Å². The van der Waals surface area contributed by atoms with Gasteiger partial charge in [-0.1, -0.05) is 23.2 Å². The topological polar surface area (TPSA) is 86.8 Å². The van der Waals surface area contributed by atoms with E-state index in [1.165, 1.54) is 0 Å². The molecule has 2 N–H and O–H groups in total. The molecule has 180 valence electrons. The third-order valence-electron chi connectivity index (χ3n) is 6.09. The predicted molar refractivity (Wildman–Crippen MR) is 134 cm³/mol. The van der Waals surface area contributed by atoms with Crippen LogP contribution in [-0.4, -0.2) is 63.2 Å². The molecular weight excluding hydrogens is 479 g/mol. The van der Waals surface area contributed by atoms with E-state index >= 15 is 0 Å². The molecule has 3 aromatic rings. The number of methoxy groups -OCH3 is 2. The van der Waals surface area contributed by atoms with Gasteiger partial charge in [-0.2, -0.15) is 0 Å². The number of nitrogens with zero attached hydrogens (tertiary/aromatic N) is 2. The molecule has 4 heterocycles. The largest absolute Gasteiger partial charge is 0.495 e. The second-order valence-corrected chi connectivity index (χ2v) is 9.18. The van der Waals surface area contributed by atoms with Gasteiger partial charge in [0.2, 0.25) is 0 Å². The molecule has 5 rings (SSSR count). The summed E-state index contributed by atoms with van der Waals surface area (Å²) >= 11 is 13.4. The summed E-state index contributed by atoms with van der Waals surface area (Å²) in [6, 6.07) is 5.85. The lowest BCUT2D eigenvalue weighted by molar-refractivity contribution is -0.0248. The van der Waals surface area contributed by atoms with Crippen molar-refractivity contribution in [2.24, 2.45) is 5.92 Å². The Morgan fingerprint density at radius 3 is 2.41 bits per heavy atom. The Morgan fingerprint density at radius 1 is 1.03 bits per heavy atom. The number of pyridine rings is 2. The summed E-state index contributed by atoms with van der Waals surface area (Å²) in [5.41, 5.74) is 1.14. The minimum Gasteiger partial charge on any atom is -0.495 e. The average Bonchev–Trinajstić information content (AvgIpc) is 3.31. The van der Waals surface area contributed by atoms with Crippen molar-refractivity contribution in [2.75, 3.05) is 57.8 Å². The number of anilines is 2. The second-order valence-electron chi connectivity index (χ2n) is 8.42. The van der Waals surface area contributed by atoms with Crippen LogP contribution in [0.4, 0.5) is 11.6 Å². The van der Waals surface area contributed by atoms with Gasteiger partial charge in [0.15, 0.2) is 0 Å². The van der Waals surface area contributed by atoms with Gasteiger partial charge in [-0.25, -0.2) is 9.97 Å². The van der Waals surface area contributed by atoms with Gasteiger partial charge in [-0.3, -0.25) is 0 Å². The molecule has 0 spiro atoms. The third kappa shape index (κ3) is 4.55. The van der Waals surface area contributed by atoms with Crippen molar-refractivity contribution in [3.63, 3.8) is 0 Å². The number of rotatable bonds is 8. The summed E-state index contributed by atoms with van der Waals surface area (Å²) in [4.78, 5) is 9.56. The van der Waals surface area contributed by atoms with Crippen LogP contribution in [0.3, 0.4) is 0 Å². The van der Waals surface area contributed by atoms with Crippen molar-refractivity contribution in [3.8, 4) is 22.8 Å². The van der Waals surface area contributed by atoms with Crippen molar-refractivity contribution in [2.45, 2.75) is 12.5 Å². The number of hydrogen-bond acceptors (Lipinski definition) is 8. The van der Waals surface area contributed by atoms with Gasteiger partial charge in [0.25, 0.3) is 0 Å². The first kappa shape index (κ1) is 23.2. The highest BCUT2D eigenvalue weighted by Gasteiger charge is 2.23. The molecule has 8 nitrogen and oxygen atoms in total. The number of aromatic nitrogens is 2. The summed E-state index contributed by atoms with van der Waals surface area (Å²) in [7, 11) is 3.10. The second kappa shape index (κ2) is 10.00. The Balaban J connectivity index is 1.60. The van der Waals surface area contributed by atoms with Gasteiger partial charge in [-0.05, 0) is 18.6 Å². The van der Waals surface area contributed by atoms with E-state index in [9.17, 15) is 0 Å². The Bertz CT molecular complexity index is 1170. The van der Waals surface area contributed by atoms with Crippen molar-refractivity contribution < 1.29 is 18.9 Å². The van der Waals surface area contributed by atoms with Crippen LogP contribution in [0, 0.1) is 5.92 Å². The molecule has 1 atom stereocenters. The van der Waals surface area contributed by atoms with E-state index in [0.29, 0.717) is 45.3 Å². The molecular formula is C24H26Cl2N4O4. The summed E-state index contributed by atoms with van der Waals surface area (Å²) in [6.07, 6.45) is 2.79. The third-order valence-corrected chi connectivity index (χ3v) is 6.84. The zero-order chi connectivity index (χ0) is 23.7. The van der Waals surface area contributed by atoms with Crippen molar-refractivity contribution in [1.29, 1.82) is 0 Å². The molecule has 0 aliphatic carbocycles. The number of ether oxygens (including phenoxy) is 4. The van der Waals surface area contributed by atoms with E-state index in [1.807, 2.05) is 18.3 Å². The molecule has 2 aromatic heterocycles. The highest BCUT2D eigenvalue weighted by molar-refractivity contribution is 6.41. The van der Waals surface area contributed by atoms with Crippen LogP contribution in [-0.2, 0) is 9.47 Å². The van der Waals surface area contributed by atoms with Gasteiger partial charge in [0.05, 0.1) is 55.8 Å². The lowest BCUT2D eigenvalue weighted by Gasteiger charge is -2.26. The zero-order valence-electron chi connectivity index (χ0n) is 19.0. The molecule has 34 heavy (non-hydrogen) atoms. The first-order valence-corrected chi connectivity index (χ1v) is 11.9. The first-order valence-electron chi connectivity index (χ1n) is 11.1. The Morgan fingerprint density at radius 2 is 1.79 bits per heavy atom. The average molecular weight is 505 g/mol. The lowest BCUT2D eigenvalue weighted by Crippen LogP contribution is -2.33. The molecule has 2 saturated heterocycles. The number of nitrogens with one attached hydrogen (secondary N) is 2. The molecule has 0 saturated carbocycles. The minimum absolute atomic E-state index is 0.252. The number of halogens is 2. The zero-order valence-corrected chi connectivity index (χ0v) is 20.5. The fourth-order valence-corrected chi connectivity index (χ4v) is 4.79. The maximum atomic E-state index is 6.68. The van der Waals surface area contributed by atoms with Gasteiger partial charge >= 0.3 is 0 Å². The number of hydrogen-bond donors (Lipinski definition) is 2. The van der Waals surface area contributed by atoms with Crippen molar-refractivity contribution >= 4 is 45.6 Å².